The number of unbranched alkanes of at least 4 members (excludes halogenated alkanes) is 19. The van der Waals surface area contributed by atoms with Gasteiger partial charge in [0, 0.05) is 12.8 Å². The molecule has 0 aliphatic carbocycles. The normalized spacial score (nSPS) is 13.5. The van der Waals surface area contributed by atoms with Crippen LogP contribution in [0, 0.1) is 0 Å². The lowest BCUT2D eigenvalue weighted by atomic mass is 10.0. The standard InChI is InChI=1S/C58H99NO8/c1-6-8-10-12-14-16-18-20-22-24-25-26-27-28-29-30-31-33-35-37-39-41-43-45-47-49-56(61)67-54(53-66-58(57(62)63)64-51-50-59(3,4)5)52-65-55(60)48-46-44-42-40-38-36-34-32-23-21-19-17-15-13-11-9-7-2/h8,10,14,16,20,22,25-26,28-29,31,33,37,39,54,58H,6-7,9,11-13,15,17-19,21,23-24,27,30,32,34-36,38,40-53H2,1-5H3/p+1/b10-8-,16-14-,22-20-,26-25-,29-28-,33-31-,39-37-. The molecule has 0 saturated heterocycles. The van der Waals surface area contributed by atoms with Crippen molar-refractivity contribution in [1.29, 1.82) is 0 Å². The summed E-state index contributed by atoms with van der Waals surface area (Å²) >= 11 is 0. The Bertz CT molecular complexity index is 1370. The predicted octanol–water partition coefficient (Wildman–Crippen LogP) is 15.2. The molecule has 0 spiro atoms. The number of allylic oxidation sites excluding steroid dienone is 14. The summed E-state index contributed by atoms with van der Waals surface area (Å²) in [5, 5.41) is 9.68. The van der Waals surface area contributed by atoms with Gasteiger partial charge in [-0.05, 0) is 70.6 Å². The zero-order chi connectivity index (χ0) is 49.2. The first-order valence-corrected chi connectivity index (χ1v) is 26.8. The summed E-state index contributed by atoms with van der Waals surface area (Å²) in [6, 6.07) is 0. The van der Waals surface area contributed by atoms with E-state index >= 15 is 0 Å². The van der Waals surface area contributed by atoms with Crippen LogP contribution >= 0.6 is 0 Å². The molecular weight excluding hydrogens is 839 g/mol. The van der Waals surface area contributed by atoms with Gasteiger partial charge in [0.2, 0.25) is 0 Å². The Labute approximate surface area is 410 Å². The number of carbonyl (C=O) groups excluding carboxylic acids is 2. The Balaban J connectivity index is 4.40. The largest absolute Gasteiger partial charge is 0.477 e. The zero-order valence-electron chi connectivity index (χ0n) is 43.5. The number of quaternary nitrogens is 1. The lowest BCUT2D eigenvalue weighted by molar-refractivity contribution is -0.870. The van der Waals surface area contributed by atoms with Gasteiger partial charge in [-0.15, -0.1) is 0 Å². The van der Waals surface area contributed by atoms with Crippen LogP contribution in [0.4, 0.5) is 0 Å². The number of carbonyl (C=O) groups is 3. The Morgan fingerprint density at radius 1 is 0.463 bits per heavy atom. The molecule has 0 fully saturated rings. The summed E-state index contributed by atoms with van der Waals surface area (Å²) in [5.41, 5.74) is 0. The third-order valence-electron chi connectivity index (χ3n) is 11.2. The molecule has 2 unspecified atom stereocenters. The summed E-state index contributed by atoms with van der Waals surface area (Å²) in [5.74, 6) is -2.05. The van der Waals surface area contributed by atoms with Gasteiger partial charge in [0.25, 0.3) is 6.29 Å². The van der Waals surface area contributed by atoms with Gasteiger partial charge in [0.05, 0.1) is 34.4 Å². The van der Waals surface area contributed by atoms with E-state index in [1.54, 1.807) is 0 Å². The lowest BCUT2D eigenvalue weighted by Crippen LogP contribution is -2.40. The Morgan fingerprint density at radius 3 is 1.27 bits per heavy atom. The number of esters is 2. The van der Waals surface area contributed by atoms with Crippen molar-refractivity contribution in [2.45, 2.75) is 219 Å². The fourth-order valence-corrected chi connectivity index (χ4v) is 7.05. The van der Waals surface area contributed by atoms with Crippen LogP contribution in [0.1, 0.15) is 206 Å². The SMILES string of the molecule is CC/C=C\C/C=C\C/C=C\C/C=C\C/C=C\C/C=C\C/C=C\CCCCCC(=O)OC(COC(=O)CCCCCCCCCCCCCCCCCCC)COC(OCC[N+](C)(C)C)C(=O)O. The monoisotopic (exact) mass is 939 g/mol. The first kappa shape index (κ1) is 63.5. The first-order valence-electron chi connectivity index (χ1n) is 26.8. The summed E-state index contributed by atoms with van der Waals surface area (Å²) in [6.45, 7) is 4.72. The summed E-state index contributed by atoms with van der Waals surface area (Å²) in [4.78, 5) is 37.3. The molecule has 1 N–H and O–H groups in total. The number of aliphatic carboxylic acids is 1. The van der Waals surface area contributed by atoms with E-state index < -0.39 is 24.3 Å². The predicted molar refractivity (Wildman–Crippen MR) is 281 cm³/mol. The Hall–Kier alpha value is -3.53. The van der Waals surface area contributed by atoms with Crippen molar-refractivity contribution in [2.75, 3.05) is 47.5 Å². The van der Waals surface area contributed by atoms with Crippen molar-refractivity contribution in [3.05, 3.63) is 85.1 Å². The lowest BCUT2D eigenvalue weighted by Gasteiger charge is -2.25. The maximum absolute atomic E-state index is 12.8. The van der Waals surface area contributed by atoms with Gasteiger partial charge in [-0.25, -0.2) is 4.79 Å². The average Bonchev–Trinajstić information content (AvgIpc) is 3.29. The summed E-state index contributed by atoms with van der Waals surface area (Å²) in [7, 11) is 5.95. The van der Waals surface area contributed by atoms with Crippen LogP contribution in [0.5, 0.6) is 0 Å². The molecule has 2 atom stereocenters. The van der Waals surface area contributed by atoms with Crippen molar-refractivity contribution >= 4 is 17.9 Å². The van der Waals surface area contributed by atoms with Crippen molar-refractivity contribution in [1.82, 2.24) is 0 Å². The third kappa shape index (κ3) is 50.2. The Kier molecular flexibility index (Phi) is 46.3. The van der Waals surface area contributed by atoms with Crippen molar-refractivity contribution in [3.8, 4) is 0 Å². The molecule has 0 heterocycles. The molecule has 384 valence electrons. The zero-order valence-corrected chi connectivity index (χ0v) is 43.5. The number of carboxylic acids is 1. The number of likely N-dealkylation sites (N-methyl/N-ethyl adjacent to an activating group) is 1. The number of ether oxygens (including phenoxy) is 4. The van der Waals surface area contributed by atoms with Gasteiger partial charge < -0.3 is 28.5 Å². The molecule has 0 amide bonds. The van der Waals surface area contributed by atoms with Crippen LogP contribution in [-0.4, -0.2) is 87.4 Å². The summed E-state index contributed by atoms with van der Waals surface area (Å²) in [6.07, 6.45) is 60.8. The molecule has 0 aromatic rings. The number of nitrogens with zero attached hydrogens (tertiary/aromatic N) is 1. The van der Waals surface area contributed by atoms with E-state index in [-0.39, 0.29) is 32.2 Å². The highest BCUT2D eigenvalue weighted by atomic mass is 16.7. The molecule has 0 rings (SSSR count). The van der Waals surface area contributed by atoms with Crippen LogP contribution in [0.25, 0.3) is 0 Å². The van der Waals surface area contributed by atoms with Crippen molar-refractivity contribution < 1.29 is 42.9 Å². The van der Waals surface area contributed by atoms with Crippen LogP contribution in [-0.2, 0) is 33.3 Å². The van der Waals surface area contributed by atoms with Gasteiger partial charge in [-0.2, -0.15) is 0 Å². The smallest absolute Gasteiger partial charge is 0.361 e. The van der Waals surface area contributed by atoms with E-state index in [4.69, 9.17) is 18.9 Å². The maximum atomic E-state index is 12.8. The number of carboxylic acid groups (broad SMARTS) is 1. The average molecular weight is 939 g/mol. The minimum atomic E-state index is -1.52. The van der Waals surface area contributed by atoms with Crippen LogP contribution < -0.4 is 0 Å². The topological polar surface area (TPSA) is 108 Å². The van der Waals surface area contributed by atoms with Crippen molar-refractivity contribution in [3.63, 3.8) is 0 Å². The summed E-state index contributed by atoms with van der Waals surface area (Å²) < 4.78 is 22.8. The number of rotatable bonds is 48. The van der Waals surface area contributed by atoms with E-state index in [1.165, 1.54) is 89.9 Å². The molecule has 0 bridgehead atoms. The van der Waals surface area contributed by atoms with E-state index in [1.807, 2.05) is 21.1 Å². The van der Waals surface area contributed by atoms with Gasteiger partial charge in [-0.1, -0.05) is 208 Å². The fourth-order valence-electron chi connectivity index (χ4n) is 7.05. The van der Waals surface area contributed by atoms with Gasteiger partial charge in [0.1, 0.15) is 13.2 Å². The minimum Gasteiger partial charge on any atom is -0.477 e. The van der Waals surface area contributed by atoms with Crippen LogP contribution in [0.15, 0.2) is 85.1 Å². The molecule has 0 aromatic carbocycles. The molecule has 0 radical (unpaired) electrons. The van der Waals surface area contributed by atoms with Crippen LogP contribution in [0.2, 0.25) is 0 Å². The number of hydrogen-bond acceptors (Lipinski definition) is 7. The van der Waals surface area contributed by atoms with Gasteiger partial charge in [0.15, 0.2) is 6.10 Å². The van der Waals surface area contributed by atoms with E-state index in [9.17, 15) is 19.5 Å². The number of hydrogen-bond donors (Lipinski definition) is 1. The van der Waals surface area contributed by atoms with E-state index in [0.717, 1.165) is 83.5 Å². The highest BCUT2D eigenvalue weighted by Gasteiger charge is 2.25. The Morgan fingerprint density at radius 2 is 0.851 bits per heavy atom. The highest BCUT2D eigenvalue weighted by Crippen LogP contribution is 2.15. The van der Waals surface area contributed by atoms with Crippen molar-refractivity contribution in [2.24, 2.45) is 0 Å². The molecular formula is C58H100NO8+. The van der Waals surface area contributed by atoms with Gasteiger partial charge in [-0.3, -0.25) is 9.59 Å². The van der Waals surface area contributed by atoms with E-state index in [2.05, 4.69) is 98.9 Å². The van der Waals surface area contributed by atoms with Gasteiger partial charge >= 0.3 is 17.9 Å². The molecule has 9 nitrogen and oxygen atoms in total. The molecule has 0 aliphatic rings. The second-order valence-corrected chi connectivity index (χ2v) is 18.8. The van der Waals surface area contributed by atoms with E-state index in [0.29, 0.717) is 23.9 Å². The third-order valence-corrected chi connectivity index (χ3v) is 11.2. The fraction of sp³-hybridized carbons (Fsp3) is 0.707. The molecule has 67 heavy (non-hydrogen) atoms. The maximum Gasteiger partial charge on any atom is 0.361 e. The van der Waals surface area contributed by atoms with Crippen LogP contribution in [0.3, 0.4) is 0 Å². The first-order chi connectivity index (χ1) is 32.6. The quantitative estimate of drug-likeness (QED) is 0.0211. The minimum absolute atomic E-state index is 0.178. The second-order valence-electron chi connectivity index (χ2n) is 18.8. The molecule has 0 aliphatic heterocycles. The molecule has 9 heteroatoms. The highest BCUT2D eigenvalue weighted by molar-refractivity contribution is 5.71. The molecule has 0 saturated carbocycles. The second kappa shape index (κ2) is 48.9. The molecule has 0 aromatic heterocycles.